The van der Waals surface area contributed by atoms with Crippen LogP contribution in [0.1, 0.15) is 33.3 Å². The summed E-state index contributed by atoms with van der Waals surface area (Å²) in [6.45, 7) is 9.56. The van der Waals surface area contributed by atoms with E-state index < -0.39 is 0 Å². The van der Waals surface area contributed by atoms with Gasteiger partial charge in [-0.3, -0.25) is 0 Å². The van der Waals surface area contributed by atoms with Crippen molar-refractivity contribution in [2.45, 2.75) is 39.2 Å². The predicted octanol–water partition coefficient (Wildman–Crippen LogP) is 2.97. The third kappa shape index (κ3) is 3.53. The Kier molecular flexibility index (Phi) is 4.36. The lowest BCUT2D eigenvalue weighted by Gasteiger charge is -2.24. The molecule has 16 heavy (non-hydrogen) atoms. The van der Waals surface area contributed by atoms with E-state index in [2.05, 4.69) is 45.1 Å². The lowest BCUT2D eigenvalue weighted by Crippen LogP contribution is -2.27. The Labute approximate surface area is 99.0 Å². The van der Waals surface area contributed by atoms with Crippen molar-refractivity contribution < 1.29 is 4.74 Å². The minimum absolute atomic E-state index is 0.121. The van der Waals surface area contributed by atoms with Gasteiger partial charge in [0.1, 0.15) is 11.9 Å². The third-order valence-electron chi connectivity index (χ3n) is 2.51. The molecule has 0 heterocycles. The lowest BCUT2D eigenvalue weighted by atomic mass is 9.86. The van der Waals surface area contributed by atoms with Gasteiger partial charge in [0.05, 0.1) is 0 Å². The molecule has 0 fully saturated rings. The Morgan fingerprint density at radius 1 is 1.25 bits per heavy atom. The summed E-state index contributed by atoms with van der Waals surface area (Å²) >= 11 is 0. The van der Waals surface area contributed by atoms with Crippen LogP contribution in [0.4, 0.5) is 0 Å². The van der Waals surface area contributed by atoms with Crippen LogP contribution in [-0.2, 0) is 5.41 Å². The molecular weight excluding hydrogens is 198 g/mol. The molecule has 0 saturated carbocycles. The first-order chi connectivity index (χ1) is 7.45. The van der Waals surface area contributed by atoms with Crippen LogP contribution in [0, 0.1) is 0 Å². The van der Waals surface area contributed by atoms with E-state index in [1.54, 1.807) is 0 Å². The van der Waals surface area contributed by atoms with Gasteiger partial charge in [0, 0.05) is 6.54 Å². The molecule has 0 radical (unpaired) electrons. The van der Waals surface area contributed by atoms with Crippen LogP contribution < -0.4 is 10.1 Å². The van der Waals surface area contributed by atoms with Crippen molar-refractivity contribution >= 4 is 0 Å². The van der Waals surface area contributed by atoms with Crippen molar-refractivity contribution in [1.82, 2.24) is 5.32 Å². The van der Waals surface area contributed by atoms with Gasteiger partial charge >= 0.3 is 0 Å². The van der Waals surface area contributed by atoms with E-state index in [4.69, 9.17) is 4.74 Å². The second kappa shape index (κ2) is 5.35. The first kappa shape index (κ1) is 13.0. The molecule has 0 aliphatic heterocycles. The summed E-state index contributed by atoms with van der Waals surface area (Å²) in [5.41, 5.74) is 1.38. The summed E-state index contributed by atoms with van der Waals surface area (Å²) in [4.78, 5) is 0. The zero-order valence-corrected chi connectivity index (χ0v) is 11.0. The summed E-state index contributed by atoms with van der Waals surface area (Å²) in [6.07, 6.45) is 0.188. The van der Waals surface area contributed by atoms with Gasteiger partial charge in [0.2, 0.25) is 0 Å². The van der Waals surface area contributed by atoms with Crippen LogP contribution in [0.2, 0.25) is 0 Å². The Balaban J connectivity index is 2.87. The third-order valence-corrected chi connectivity index (χ3v) is 2.51. The Hall–Kier alpha value is -1.02. The molecule has 2 heteroatoms. The van der Waals surface area contributed by atoms with E-state index in [1.165, 1.54) is 5.56 Å². The van der Waals surface area contributed by atoms with Crippen LogP contribution in [0.15, 0.2) is 24.3 Å². The van der Waals surface area contributed by atoms with Gasteiger partial charge in [-0.15, -0.1) is 0 Å². The Bertz CT molecular complexity index is 328. The molecule has 1 atom stereocenters. The number of nitrogens with one attached hydrogen (secondary N) is 1. The van der Waals surface area contributed by atoms with E-state index in [0.29, 0.717) is 0 Å². The monoisotopic (exact) mass is 221 g/mol. The van der Waals surface area contributed by atoms with Gasteiger partial charge in [0.15, 0.2) is 0 Å². The van der Waals surface area contributed by atoms with E-state index in [0.717, 1.165) is 12.3 Å². The second-order valence-electron chi connectivity index (χ2n) is 5.23. The van der Waals surface area contributed by atoms with Gasteiger partial charge in [-0.25, -0.2) is 0 Å². The van der Waals surface area contributed by atoms with Gasteiger partial charge in [-0.05, 0) is 31.0 Å². The van der Waals surface area contributed by atoms with Crippen molar-refractivity contribution in [2.24, 2.45) is 0 Å². The number of ether oxygens (including phenoxy) is 1. The summed E-state index contributed by atoms with van der Waals surface area (Å²) in [7, 11) is 1.94. The van der Waals surface area contributed by atoms with Crippen LogP contribution in [0.5, 0.6) is 5.75 Å². The fourth-order valence-electron chi connectivity index (χ4n) is 1.73. The zero-order valence-electron chi connectivity index (χ0n) is 11.0. The van der Waals surface area contributed by atoms with Crippen molar-refractivity contribution in [2.75, 3.05) is 13.6 Å². The molecule has 0 aliphatic carbocycles. The van der Waals surface area contributed by atoms with Crippen LogP contribution >= 0.6 is 0 Å². The molecule has 0 saturated heterocycles. The number of para-hydroxylation sites is 1. The number of hydrogen-bond donors (Lipinski definition) is 1. The molecule has 0 spiro atoms. The fourth-order valence-corrected chi connectivity index (χ4v) is 1.73. The van der Waals surface area contributed by atoms with Gasteiger partial charge in [-0.2, -0.15) is 0 Å². The number of rotatable bonds is 4. The molecule has 1 aromatic rings. The van der Waals surface area contributed by atoms with Crippen molar-refractivity contribution in [3.63, 3.8) is 0 Å². The molecule has 2 nitrogen and oxygen atoms in total. The zero-order chi connectivity index (χ0) is 12.2. The smallest absolute Gasteiger partial charge is 0.123 e. The van der Waals surface area contributed by atoms with E-state index >= 15 is 0 Å². The van der Waals surface area contributed by atoms with E-state index in [-0.39, 0.29) is 11.5 Å². The van der Waals surface area contributed by atoms with Crippen molar-refractivity contribution in [1.29, 1.82) is 0 Å². The SMILES string of the molecule is CNCC(C)Oc1ccccc1C(C)(C)C. The average molecular weight is 221 g/mol. The fraction of sp³-hybridized carbons (Fsp3) is 0.571. The molecule has 0 aliphatic rings. The molecule has 0 aromatic heterocycles. The van der Waals surface area contributed by atoms with Crippen LogP contribution in [-0.4, -0.2) is 19.7 Å². The molecule has 1 rings (SSSR count). The minimum atomic E-state index is 0.121. The average Bonchev–Trinajstić information content (AvgIpc) is 2.17. The lowest BCUT2D eigenvalue weighted by molar-refractivity contribution is 0.216. The highest BCUT2D eigenvalue weighted by molar-refractivity contribution is 5.38. The van der Waals surface area contributed by atoms with E-state index in [1.807, 2.05) is 19.2 Å². The largest absolute Gasteiger partial charge is 0.489 e. The van der Waals surface area contributed by atoms with E-state index in [9.17, 15) is 0 Å². The van der Waals surface area contributed by atoms with Crippen LogP contribution in [0.25, 0.3) is 0 Å². The maximum atomic E-state index is 5.95. The highest BCUT2D eigenvalue weighted by Gasteiger charge is 2.19. The number of benzene rings is 1. The molecule has 90 valence electrons. The maximum Gasteiger partial charge on any atom is 0.123 e. The first-order valence-corrected chi connectivity index (χ1v) is 5.86. The van der Waals surface area contributed by atoms with Crippen molar-refractivity contribution in [3.05, 3.63) is 29.8 Å². The molecule has 0 amide bonds. The van der Waals surface area contributed by atoms with Gasteiger partial charge in [0.25, 0.3) is 0 Å². The molecular formula is C14H23NO. The normalized spacial score (nSPS) is 13.6. The number of likely N-dealkylation sites (N-methyl/N-ethyl adjacent to an activating group) is 1. The quantitative estimate of drug-likeness (QED) is 0.844. The molecule has 1 N–H and O–H groups in total. The highest BCUT2D eigenvalue weighted by Crippen LogP contribution is 2.31. The maximum absolute atomic E-state index is 5.95. The Morgan fingerprint density at radius 2 is 1.88 bits per heavy atom. The highest BCUT2D eigenvalue weighted by atomic mass is 16.5. The summed E-state index contributed by atoms with van der Waals surface area (Å²) in [5, 5.41) is 3.12. The van der Waals surface area contributed by atoms with Crippen molar-refractivity contribution in [3.8, 4) is 5.75 Å². The standard InChI is InChI=1S/C14H23NO/c1-11(10-15-5)16-13-9-7-6-8-12(13)14(2,3)4/h6-9,11,15H,10H2,1-5H3. The molecule has 1 aromatic carbocycles. The van der Waals surface area contributed by atoms with Gasteiger partial charge < -0.3 is 10.1 Å². The first-order valence-electron chi connectivity index (χ1n) is 5.86. The predicted molar refractivity (Wildman–Crippen MR) is 69.2 cm³/mol. The summed E-state index contributed by atoms with van der Waals surface area (Å²) < 4.78 is 5.95. The second-order valence-corrected chi connectivity index (χ2v) is 5.23. The number of hydrogen-bond acceptors (Lipinski definition) is 2. The minimum Gasteiger partial charge on any atom is -0.489 e. The van der Waals surface area contributed by atoms with Gasteiger partial charge in [-0.1, -0.05) is 39.0 Å². The topological polar surface area (TPSA) is 21.3 Å². The molecule has 0 bridgehead atoms. The summed E-state index contributed by atoms with van der Waals surface area (Å²) in [6, 6.07) is 8.28. The van der Waals surface area contributed by atoms with Crippen LogP contribution in [0.3, 0.4) is 0 Å². The molecule has 1 unspecified atom stereocenters. The Morgan fingerprint density at radius 3 is 2.44 bits per heavy atom. The summed E-state index contributed by atoms with van der Waals surface area (Å²) in [5.74, 6) is 0.998.